The minimum absolute atomic E-state index is 0.0747. The lowest BCUT2D eigenvalue weighted by atomic mass is 9.96. The van der Waals surface area contributed by atoms with Gasteiger partial charge in [-0.1, -0.05) is 18.2 Å². The summed E-state index contributed by atoms with van der Waals surface area (Å²) >= 11 is 0. The van der Waals surface area contributed by atoms with Gasteiger partial charge in [0, 0.05) is 35.3 Å². The molecule has 0 saturated carbocycles. The van der Waals surface area contributed by atoms with Gasteiger partial charge < -0.3 is 19.4 Å². The van der Waals surface area contributed by atoms with Crippen molar-refractivity contribution in [3.8, 4) is 5.75 Å². The topological polar surface area (TPSA) is 98.2 Å². The highest BCUT2D eigenvalue weighted by molar-refractivity contribution is 5.81. The number of rotatable bonds is 6. The van der Waals surface area contributed by atoms with E-state index in [1.54, 1.807) is 7.11 Å². The summed E-state index contributed by atoms with van der Waals surface area (Å²) in [5.41, 5.74) is 3.59. The van der Waals surface area contributed by atoms with Gasteiger partial charge in [0.2, 0.25) is 0 Å². The molecule has 0 unspecified atom stereocenters. The van der Waals surface area contributed by atoms with Crippen molar-refractivity contribution in [2.45, 2.75) is 44.4 Å². The maximum absolute atomic E-state index is 13.5. The quantitative estimate of drug-likeness (QED) is 0.460. The van der Waals surface area contributed by atoms with Gasteiger partial charge in [-0.3, -0.25) is 4.79 Å². The molecule has 4 aromatic rings. The van der Waals surface area contributed by atoms with Crippen LogP contribution in [0.1, 0.15) is 42.3 Å². The Kier molecular flexibility index (Phi) is 5.69. The van der Waals surface area contributed by atoms with Gasteiger partial charge in [0.25, 0.3) is 5.56 Å². The van der Waals surface area contributed by atoms with Gasteiger partial charge in [-0.05, 0) is 72.0 Å². The Hall–Kier alpha value is -3.72. The zero-order valence-corrected chi connectivity index (χ0v) is 19.7. The van der Waals surface area contributed by atoms with Gasteiger partial charge in [-0.25, -0.2) is 4.68 Å². The number of anilines is 1. The first-order valence-electron chi connectivity index (χ1n) is 12.1. The van der Waals surface area contributed by atoms with E-state index in [2.05, 4.69) is 43.6 Å². The molecule has 0 aliphatic carbocycles. The van der Waals surface area contributed by atoms with Crippen LogP contribution in [0.15, 0.2) is 53.3 Å². The molecule has 0 radical (unpaired) electrons. The number of fused-ring (bicyclic) bond motifs is 2. The number of nitrogens with zero attached hydrogens (tertiary/aromatic N) is 5. The third kappa shape index (κ3) is 4.05. The van der Waals surface area contributed by atoms with Crippen molar-refractivity contribution in [3.05, 3.63) is 75.8 Å². The molecule has 0 spiro atoms. The third-order valence-electron chi connectivity index (χ3n) is 7.04. The van der Waals surface area contributed by atoms with Gasteiger partial charge in [0.1, 0.15) is 11.8 Å². The number of aryl methyl sites for hydroxylation is 1. The number of tetrazole rings is 1. The second-order valence-corrected chi connectivity index (χ2v) is 9.19. The normalized spacial score (nSPS) is 18.5. The molecule has 2 aliphatic rings. The van der Waals surface area contributed by atoms with Gasteiger partial charge in [-0.2, -0.15) is 0 Å². The maximum Gasteiger partial charge on any atom is 0.254 e. The van der Waals surface area contributed by atoms with Crippen molar-refractivity contribution < 1.29 is 9.47 Å². The van der Waals surface area contributed by atoms with Crippen LogP contribution in [-0.2, 0) is 17.7 Å². The van der Waals surface area contributed by atoms with Crippen LogP contribution < -0.4 is 15.2 Å². The van der Waals surface area contributed by atoms with Crippen LogP contribution in [0.3, 0.4) is 0 Å². The van der Waals surface area contributed by atoms with Gasteiger partial charge in [0.15, 0.2) is 5.82 Å². The Labute approximate surface area is 202 Å². The number of hydrogen-bond donors (Lipinski definition) is 1. The predicted molar refractivity (Wildman–Crippen MR) is 132 cm³/mol. The molecule has 6 rings (SSSR count). The number of methoxy groups -OCH3 is 1. The Morgan fingerprint density at radius 2 is 2.11 bits per heavy atom. The molecule has 9 heteroatoms. The molecule has 0 bridgehead atoms. The largest absolute Gasteiger partial charge is 0.497 e. The molecule has 1 fully saturated rings. The van der Waals surface area contributed by atoms with Crippen LogP contribution >= 0.6 is 0 Å². The van der Waals surface area contributed by atoms with Crippen LogP contribution in [0.4, 0.5) is 5.69 Å². The molecular weight excluding hydrogens is 444 g/mol. The molecule has 2 aliphatic heterocycles. The number of pyridine rings is 1. The molecule has 35 heavy (non-hydrogen) atoms. The van der Waals surface area contributed by atoms with E-state index in [-0.39, 0.29) is 11.7 Å². The molecule has 4 heterocycles. The highest BCUT2D eigenvalue weighted by atomic mass is 16.5. The zero-order chi connectivity index (χ0) is 23.8. The number of aromatic nitrogens is 5. The average Bonchev–Trinajstić information content (AvgIpc) is 3.57. The molecule has 2 aromatic heterocycles. The minimum atomic E-state index is -0.452. The zero-order valence-electron chi connectivity index (χ0n) is 19.7. The summed E-state index contributed by atoms with van der Waals surface area (Å²) in [5.74, 6) is 1.38. The lowest BCUT2D eigenvalue weighted by Crippen LogP contribution is -2.39. The van der Waals surface area contributed by atoms with E-state index >= 15 is 0 Å². The first-order chi connectivity index (χ1) is 17.2. The van der Waals surface area contributed by atoms with E-state index in [4.69, 9.17) is 9.47 Å². The summed E-state index contributed by atoms with van der Waals surface area (Å²) in [7, 11) is 1.64. The van der Waals surface area contributed by atoms with Crippen LogP contribution in [0.2, 0.25) is 0 Å². The molecule has 180 valence electrons. The van der Waals surface area contributed by atoms with Crippen molar-refractivity contribution in [1.29, 1.82) is 0 Å². The lowest BCUT2D eigenvalue weighted by molar-refractivity contribution is 0.0924. The number of aromatic amines is 1. The second-order valence-electron chi connectivity index (χ2n) is 9.19. The summed E-state index contributed by atoms with van der Waals surface area (Å²) in [6.45, 7) is 2.12. The smallest absolute Gasteiger partial charge is 0.254 e. The first-order valence-corrected chi connectivity index (χ1v) is 12.1. The molecule has 2 atom stereocenters. The van der Waals surface area contributed by atoms with Crippen LogP contribution in [0.5, 0.6) is 5.75 Å². The second kappa shape index (κ2) is 9.14. The van der Waals surface area contributed by atoms with E-state index in [9.17, 15) is 4.79 Å². The fourth-order valence-corrected chi connectivity index (χ4v) is 5.33. The number of benzene rings is 2. The van der Waals surface area contributed by atoms with Crippen LogP contribution in [-0.4, -0.2) is 51.6 Å². The number of ether oxygens (including phenoxy) is 2. The SMILES string of the molecule is COc1ccc2[nH]c(=O)c([C@H](c3nnnn3C[C@@H]3CCCO3)N3CCCc4ccccc43)cc2c1. The lowest BCUT2D eigenvalue weighted by Gasteiger charge is -2.37. The van der Waals surface area contributed by atoms with E-state index < -0.39 is 6.04 Å². The Bertz CT molecular complexity index is 1410. The Morgan fingerprint density at radius 3 is 2.97 bits per heavy atom. The van der Waals surface area contributed by atoms with Crippen LogP contribution in [0.25, 0.3) is 10.9 Å². The van der Waals surface area contributed by atoms with E-state index in [1.807, 2.05) is 35.0 Å². The van der Waals surface area contributed by atoms with E-state index in [0.29, 0.717) is 17.9 Å². The van der Waals surface area contributed by atoms with Crippen LogP contribution in [0, 0.1) is 0 Å². The monoisotopic (exact) mass is 472 g/mol. The summed E-state index contributed by atoms with van der Waals surface area (Å²) < 4.78 is 13.1. The van der Waals surface area contributed by atoms with Crippen molar-refractivity contribution >= 4 is 16.6 Å². The predicted octanol–water partition coefficient (Wildman–Crippen LogP) is 3.24. The van der Waals surface area contributed by atoms with Crippen molar-refractivity contribution in [1.82, 2.24) is 25.2 Å². The van der Waals surface area contributed by atoms with Crippen molar-refractivity contribution in [2.75, 3.05) is 25.2 Å². The first kappa shape index (κ1) is 21.8. The number of H-pyrrole nitrogens is 1. The van der Waals surface area contributed by atoms with Crippen molar-refractivity contribution in [2.24, 2.45) is 0 Å². The van der Waals surface area contributed by atoms with E-state index in [1.165, 1.54) is 5.56 Å². The Morgan fingerprint density at radius 1 is 1.20 bits per heavy atom. The summed E-state index contributed by atoms with van der Waals surface area (Å²) in [5, 5.41) is 13.7. The molecule has 1 saturated heterocycles. The fraction of sp³-hybridized carbons (Fsp3) is 0.385. The standard InChI is InChI=1S/C26H28N6O3/c1-34-19-10-11-22-18(14-19)15-21(26(33)27-22)24(31-12-4-7-17-6-2-3-9-23(17)31)25-28-29-30-32(25)16-20-8-5-13-35-20/h2-3,6,9-11,14-15,20,24H,4-5,7-8,12-13,16H2,1H3,(H,27,33)/t20-,24+/m0/s1. The van der Waals surface area contributed by atoms with Gasteiger partial charge in [0.05, 0.1) is 19.8 Å². The van der Waals surface area contributed by atoms with Gasteiger partial charge >= 0.3 is 0 Å². The average molecular weight is 473 g/mol. The number of hydrogen-bond acceptors (Lipinski definition) is 7. The fourth-order valence-electron chi connectivity index (χ4n) is 5.33. The van der Waals surface area contributed by atoms with E-state index in [0.717, 1.165) is 61.2 Å². The highest BCUT2D eigenvalue weighted by Crippen LogP contribution is 2.37. The molecular formula is C26H28N6O3. The van der Waals surface area contributed by atoms with Gasteiger partial charge in [-0.15, -0.1) is 5.10 Å². The minimum Gasteiger partial charge on any atom is -0.497 e. The summed E-state index contributed by atoms with van der Waals surface area (Å²) in [6.07, 6.45) is 4.08. The summed E-state index contributed by atoms with van der Waals surface area (Å²) in [6, 6.07) is 15.5. The molecule has 0 amide bonds. The Balaban J connectivity index is 1.52. The highest BCUT2D eigenvalue weighted by Gasteiger charge is 2.34. The number of para-hydroxylation sites is 1. The summed E-state index contributed by atoms with van der Waals surface area (Å²) in [4.78, 5) is 18.9. The molecule has 1 N–H and O–H groups in total. The van der Waals surface area contributed by atoms with Crippen molar-refractivity contribution in [3.63, 3.8) is 0 Å². The number of nitrogens with one attached hydrogen (secondary N) is 1. The third-order valence-corrected chi connectivity index (χ3v) is 7.04. The molecule has 9 nitrogen and oxygen atoms in total. The maximum atomic E-state index is 13.5. The molecule has 2 aromatic carbocycles.